The lowest BCUT2D eigenvalue weighted by atomic mass is 10.2. The number of methoxy groups -OCH3 is 2. The number of aromatic nitrogens is 1. The van der Waals surface area contributed by atoms with Gasteiger partial charge in [-0.2, -0.15) is 0 Å². The van der Waals surface area contributed by atoms with Gasteiger partial charge in [-0.05, 0) is 19.1 Å². The molecule has 138 valence electrons. The molecule has 0 unspecified atom stereocenters. The van der Waals surface area contributed by atoms with Crippen molar-refractivity contribution in [3.05, 3.63) is 41.7 Å². The van der Waals surface area contributed by atoms with Crippen LogP contribution in [-0.4, -0.2) is 38.2 Å². The molecule has 0 fully saturated rings. The van der Waals surface area contributed by atoms with E-state index in [-0.39, 0.29) is 6.79 Å². The Balaban J connectivity index is 2.43. The smallest absolute Gasteiger partial charge is 0.341 e. The van der Waals surface area contributed by atoms with Crippen LogP contribution in [0, 0.1) is 11.8 Å². The van der Waals surface area contributed by atoms with E-state index in [0.29, 0.717) is 23.7 Å². The minimum Gasteiger partial charge on any atom is -0.494 e. The minimum atomic E-state index is -0.440. The third kappa shape index (κ3) is 4.58. The van der Waals surface area contributed by atoms with E-state index in [1.54, 1.807) is 26.2 Å². The van der Waals surface area contributed by atoms with E-state index >= 15 is 0 Å². The molecule has 1 aromatic carbocycles. The van der Waals surface area contributed by atoms with Crippen molar-refractivity contribution in [3.8, 4) is 29.0 Å². The van der Waals surface area contributed by atoms with Gasteiger partial charge in [0, 0.05) is 31.5 Å². The van der Waals surface area contributed by atoms with E-state index in [4.69, 9.17) is 18.9 Å². The van der Waals surface area contributed by atoms with Gasteiger partial charge in [0.05, 0.1) is 25.5 Å². The Morgan fingerprint density at radius 1 is 1.15 bits per heavy atom. The number of carbonyl (C=O) groups is 1. The maximum Gasteiger partial charge on any atom is 0.341 e. The molecule has 0 spiro atoms. The molecular weight excluding hydrogens is 334 g/mol. The van der Waals surface area contributed by atoms with E-state index in [1.165, 1.54) is 7.11 Å². The summed E-state index contributed by atoms with van der Waals surface area (Å²) in [7, 11) is 3.12. The second kappa shape index (κ2) is 9.54. The van der Waals surface area contributed by atoms with Crippen LogP contribution in [0.3, 0.4) is 0 Å². The lowest BCUT2D eigenvalue weighted by Gasteiger charge is -2.12. The second-order valence-electron chi connectivity index (χ2n) is 5.25. The maximum atomic E-state index is 12.1. The number of rotatable bonds is 7. The summed E-state index contributed by atoms with van der Waals surface area (Å²) in [6.07, 6.45) is 4.47. The molecule has 0 bridgehead atoms. The Hall–Kier alpha value is -2.91. The van der Waals surface area contributed by atoms with Crippen LogP contribution in [0.4, 0.5) is 0 Å². The molecule has 6 nitrogen and oxygen atoms in total. The van der Waals surface area contributed by atoms with E-state index in [9.17, 15) is 4.79 Å². The number of esters is 1. The van der Waals surface area contributed by atoms with E-state index in [2.05, 4.69) is 11.8 Å². The molecule has 0 atom stereocenters. The standard InChI is InChI=1S/C20H23NO5/c1-5-7-8-15-12-21(13-19(15)24-4)16-9-10-17(20(22)25-6-2)18(11-16)26-14-23-3/h9-13H,5-6,14H2,1-4H3. The molecule has 1 heterocycles. The SMILES string of the molecule is CCC#Cc1cn(-c2ccc(C(=O)OCC)c(OCOC)c2)cc1OC. The predicted molar refractivity (Wildman–Crippen MR) is 98.0 cm³/mol. The van der Waals surface area contributed by atoms with Gasteiger partial charge in [-0.3, -0.25) is 0 Å². The van der Waals surface area contributed by atoms with Crippen molar-refractivity contribution < 1.29 is 23.7 Å². The Bertz CT molecular complexity index is 813. The molecular formula is C20H23NO5. The maximum absolute atomic E-state index is 12.1. The highest BCUT2D eigenvalue weighted by atomic mass is 16.7. The summed E-state index contributed by atoms with van der Waals surface area (Å²) < 4.78 is 22.8. The summed E-state index contributed by atoms with van der Waals surface area (Å²) in [6.45, 7) is 4.06. The van der Waals surface area contributed by atoms with Gasteiger partial charge in [0.2, 0.25) is 0 Å². The topological polar surface area (TPSA) is 58.9 Å². The third-order valence-electron chi connectivity index (χ3n) is 3.50. The minimum absolute atomic E-state index is 0.0259. The highest BCUT2D eigenvalue weighted by Gasteiger charge is 2.16. The van der Waals surface area contributed by atoms with E-state index in [0.717, 1.165) is 17.7 Å². The van der Waals surface area contributed by atoms with Gasteiger partial charge < -0.3 is 23.5 Å². The molecule has 0 aliphatic rings. The predicted octanol–water partition coefficient (Wildman–Crippen LogP) is 3.41. The van der Waals surface area contributed by atoms with Crippen LogP contribution in [0.1, 0.15) is 36.2 Å². The molecule has 0 saturated carbocycles. The van der Waals surface area contributed by atoms with Crippen LogP contribution in [0.2, 0.25) is 0 Å². The molecule has 0 saturated heterocycles. The molecule has 0 N–H and O–H groups in total. The van der Waals surface area contributed by atoms with Crippen LogP contribution < -0.4 is 9.47 Å². The Morgan fingerprint density at radius 3 is 2.62 bits per heavy atom. The Morgan fingerprint density at radius 2 is 1.96 bits per heavy atom. The van der Waals surface area contributed by atoms with Crippen molar-refractivity contribution in [1.29, 1.82) is 0 Å². The molecule has 0 radical (unpaired) electrons. The van der Waals surface area contributed by atoms with Crippen LogP contribution in [0.25, 0.3) is 5.69 Å². The average molecular weight is 357 g/mol. The van der Waals surface area contributed by atoms with Crippen molar-refractivity contribution >= 4 is 5.97 Å². The summed E-state index contributed by atoms with van der Waals surface area (Å²) in [5, 5.41) is 0. The highest BCUT2D eigenvalue weighted by Crippen LogP contribution is 2.27. The Labute approximate surface area is 153 Å². The van der Waals surface area contributed by atoms with Gasteiger partial charge in [0.25, 0.3) is 0 Å². The van der Waals surface area contributed by atoms with Crippen molar-refractivity contribution in [2.45, 2.75) is 20.3 Å². The van der Waals surface area contributed by atoms with Crippen LogP contribution in [0.5, 0.6) is 11.5 Å². The zero-order chi connectivity index (χ0) is 18.9. The third-order valence-corrected chi connectivity index (χ3v) is 3.50. The van der Waals surface area contributed by atoms with Gasteiger partial charge in [0.15, 0.2) is 12.5 Å². The zero-order valence-electron chi connectivity index (χ0n) is 15.5. The summed E-state index contributed by atoms with van der Waals surface area (Å²) in [6, 6.07) is 5.23. The quantitative estimate of drug-likeness (QED) is 0.432. The average Bonchev–Trinajstić information content (AvgIpc) is 3.07. The molecule has 0 amide bonds. The number of hydrogen-bond acceptors (Lipinski definition) is 5. The van der Waals surface area contributed by atoms with E-state index in [1.807, 2.05) is 30.0 Å². The fourth-order valence-electron chi connectivity index (χ4n) is 2.32. The zero-order valence-corrected chi connectivity index (χ0v) is 15.5. The molecule has 6 heteroatoms. The molecule has 0 aliphatic carbocycles. The number of carbonyl (C=O) groups excluding carboxylic acids is 1. The van der Waals surface area contributed by atoms with Gasteiger partial charge in [-0.25, -0.2) is 4.79 Å². The second-order valence-corrected chi connectivity index (χ2v) is 5.25. The van der Waals surface area contributed by atoms with Gasteiger partial charge in [-0.1, -0.05) is 18.8 Å². The monoisotopic (exact) mass is 357 g/mol. The summed E-state index contributed by atoms with van der Waals surface area (Å²) in [5.74, 6) is 6.74. The first-order valence-electron chi connectivity index (χ1n) is 8.32. The van der Waals surface area contributed by atoms with Crippen molar-refractivity contribution in [1.82, 2.24) is 4.57 Å². The summed E-state index contributed by atoms with van der Waals surface area (Å²) in [5.41, 5.74) is 1.94. The number of hydrogen-bond donors (Lipinski definition) is 0. The van der Waals surface area contributed by atoms with Gasteiger partial charge in [-0.15, -0.1) is 0 Å². The first-order valence-corrected chi connectivity index (χ1v) is 8.32. The first-order chi connectivity index (χ1) is 12.6. The van der Waals surface area contributed by atoms with Crippen molar-refractivity contribution in [3.63, 3.8) is 0 Å². The normalized spacial score (nSPS) is 10.0. The number of ether oxygens (including phenoxy) is 4. The van der Waals surface area contributed by atoms with Crippen LogP contribution >= 0.6 is 0 Å². The highest BCUT2D eigenvalue weighted by molar-refractivity contribution is 5.92. The molecule has 2 aromatic rings. The molecule has 2 rings (SSSR count). The van der Waals surface area contributed by atoms with Gasteiger partial charge >= 0.3 is 5.97 Å². The first kappa shape index (κ1) is 19.4. The molecule has 26 heavy (non-hydrogen) atoms. The lowest BCUT2D eigenvalue weighted by Crippen LogP contribution is -2.10. The molecule has 1 aromatic heterocycles. The summed E-state index contributed by atoms with van der Waals surface area (Å²) >= 11 is 0. The van der Waals surface area contributed by atoms with E-state index < -0.39 is 5.97 Å². The number of nitrogens with zero attached hydrogens (tertiary/aromatic N) is 1. The fraction of sp³-hybridized carbons (Fsp3) is 0.350. The Kier molecular flexibility index (Phi) is 7.12. The fourth-order valence-corrected chi connectivity index (χ4v) is 2.32. The lowest BCUT2D eigenvalue weighted by molar-refractivity contribution is 0.0438. The van der Waals surface area contributed by atoms with Crippen LogP contribution in [-0.2, 0) is 9.47 Å². The largest absolute Gasteiger partial charge is 0.494 e. The van der Waals surface area contributed by atoms with Crippen molar-refractivity contribution in [2.24, 2.45) is 0 Å². The molecule has 0 aliphatic heterocycles. The van der Waals surface area contributed by atoms with Crippen LogP contribution in [0.15, 0.2) is 30.6 Å². The number of benzene rings is 1. The van der Waals surface area contributed by atoms with Gasteiger partial charge in [0.1, 0.15) is 11.3 Å². The van der Waals surface area contributed by atoms with Crippen molar-refractivity contribution in [2.75, 3.05) is 27.6 Å². The summed E-state index contributed by atoms with van der Waals surface area (Å²) in [4.78, 5) is 12.1.